The molecule has 0 fully saturated rings. The molecular weight excluding hydrogens is 446 g/mol. The molecule has 2 aromatic rings. The number of thioether (sulfide) groups is 1. The quantitative estimate of drug-likeness (QED) is 0.544. The first-order valence-electron chi connectivity index (χ1n) is 10.1. The van der Waals surface area contributed by atoms with Crippen LogP contribution in [0.4, 0.5) is 0 Å². The fraction of sp³-hybridized carbons (Fsp3) is 0.208. The largest absolute Gasteiger partial charge is 0.490 e. The molecule has 0 saturated heterocycles. The Kier molecular flexibility index (Phi) is 6.39. The van der Waals surface area contributed by atoms with E-state index in [-0.39, 0.29) is 11.4 Å². The van der Waals surface area contributed by atoms with Crippen molar-refractivity contribution in [2.24, 2.45) is 4.99 Å². The minimum absolute atomic E-state index is 0.0817. The van der Waals surface area contributed by atoms with Crippen LogP contribution in [0.5, 0.6) is 11.5 Å². The van der Waals surface area contributed by atoms with Gasteiger partial charge in [0.2, 0.25) is 0 Å². The number of aliphatic imine (C=N–C) groups is 1. The van der Waals surface area contributed by atoms with E-state index in [4.69, 9.17) is 26.5 Å². The minimum Gasteiger partial charge on any atom is -0.490 e. The summed E-state index contributed by atoms with van der Waals surface area (Å²) in [7, 11) is 0. The standard InChI is InChI=1S/C24H22ClN3O3S/c1-4-30-20-11-17(9-18-22(26)28-12-15(3)32-24(28)27-23(18)29)10-19(25)21(20)31-13-16-7-5-6-14(2)8-16/h5-12,26H,4,13H2,1-3H3/b18-9-,26-22?. The third-order valence-corrected chi connectivity index (χ3v) is 5.98. The Morgan fingerprint density at radius 3 is 2.78 bits per heavy atom. The molecule has 6 nitrogen and oxygen atoms in total. The van der Waals surface area contributed by atoms with Gasteiger partial charge < -0.3 is 9.47 Å². The number of amides is 1. The molecule has 2 aliphatic heterocycles. The number of rotatable bonds is 6. The summed E-state index contributed by atoms with van der Waals surface area (Å²) in [5.41, 5.74) is 2.99. The molecule has 0 saturated carbocycles. The number of aryl methyl sites for hydroxylation is 1. The van der Waals surface area contributed by atoms with Crippen molar-refractivity contribution in [3.63, 3.8) is 0 Å². The Balaban J connectivity index is 1.64. The predicted molar refractivity (Wildman–Crippen MR) is 129 cm³/mol. The van der Waals surface area contributed by atoms with E-state index in [0.717, 1.165) is 16.0 Å². The zero-order chi connectivity index (χ0) is 22.8. The van der Waals surface area contributed by atoms with Crippen molar-refractivity contribution in [1.29, 1.82) is 5.41 Å². The molecule has 0 radical (unpaired) electrons. The molecule has 2 aromatic carbocycles. The van der Waals surface area contributed by atoms with E-state index in [2.05, 4.69) is 11.1 Å². The molecule has 0 aliphatic carbocycles. The lowest BCUT2D eigenvalue weighted by molar-refractivity contribution is -0.114. The lowest BCUT2D eigenvalue weighted by atomic mass is 10.1. The number of nitrogens with zero attached hydrogens (tertiary/aromatic N) is 2. The maximum atomic E-state index is 12.6. The van der Waals surface area contributed by atoms with Crippen LogP contribution in [0.15, 0.2) is 58.1 Å². The summed E-state index contributed by atoms with van der Waals surface area (Å²) in [6.45, 7) is 6.59. The van der Waals surface area contributed by atoms with Gasteiger partial charge in [0, 0.05) is 11.1 Å². The lowest BCUT2D eigenvalue weighted by Gasteiger charge is -2.22. The van der Waals surface area contributed by atoms with Gasteiger partial charge in [0.1, 0.15) is 12.4 Å². The summed E-state index contributed by atoms with van der Waals surface area (Å²) in [4.78, 5) is 19.2. The van der Waals surface area contributed by atoms with Crippen molar-refractivity contribution < 1.29 is 14.3 Å². The second-order valence-electron chi connectivity index (χ2n) is 7.36. The molecule has 0 unspecified atom stereocenters. The van der Waals surface area contributed by atoms with Crippen molar-refractivity contribution in [3.05, 3.63) is 74.8 Å². The summed E-state index contributed by atoms with van der Waals surface area (Å²) < 4.78 is 11.8. The molecule has 0 bridgehead atoms. The van der Waals surface area contributed by atoms with Gasteiger partial charge in [-0.05, 0) is 50.1 Å². The molecular formula is C24H22ClN3O3S. The summed E-state index contributed by atoms with van der Waals surface area (Å²) >= 11 is 7.92. The first-order chi connectivity index (χ1) is 15.4. The monoisotopic (exact) mass is 467 g/mol. The minimum atomic E-state index is -0.453. The zero-order valence-corrected chi connectivity index (χ0v) is 19.5. The third kappa shape index (κ3) is 4.59. The van der Waals surface area contributed by atoms with E-state index in [1.165, 1.54) is 11.8 Å². The maximum absolute atomic E-state index is 12.6. The van der Waals surface area contributed by atoms with Gasteiger partial charge in [0.05, 0.1) is 17.2 Å². The summed E-state index contributed by atoms with van der Waals surface area (Å²) in [6.07, 6.45) is 3.41. The molecule has 1 N–H and O–H groups in total. The van der Waals surface area contributed by atoms with Crippen LogP contribution < -0.4 is 9.47 Å². The van der Waals surface area contributed by atoms with Gasteiger partial charge in [-0.2, -0.15) is 4.99 Å². The molecule has 2 aliphatic rings. The molecule has 0 atom stereocenters. The number of carbonyl (C=O) groups is 1. The second-order valence-corrected chi connectivity index (χ2v) is 8.98. The van der Waals surface area contributed by atoms with Crippen LogP contribution in [0.25, 0.3) is 6.08 Å². The lowest BCUT2D eigenvalue weighted by Crippen LogP contribution is -2.35. The highest BCUT2D eigenvalue weighted by atomic mass is 35.5. The van der Waals surface area contributed by atoms with Crippen LogP contribution in [0.1, 0.15) is 30.5 Å². The van der Waals surface area contributed by atoms with Gasteiger partial charge in [-0.25, -0.2) is 0 Å². The maximum Gasteiger partial charge on any atom is 0.283 e. The van der Waals surface area contributed by atoms with Gasteiger partial charge in [0.25, 0.3) is 5.91 Å². The summed E-state index contributed by atoms with van der Waals surface area (Å²) in [5.74, 6) is 0.548. The average molecular weight is 468 g/mol. The van der Waals surface area contributed by atoms with E-state index in [1.807, 2.05) is 39.0 Å². The number of benzene rings is 2. The Morgan fingerprint density at radius 1 is 1.22 bits per heavy atom. The molecule has 1 amide bonds. The zero-order valence-electron chi connectivity index (χ0n) is 17.9. The molecule has 32 heavy (non-hydrogen) atoms. The number of hydrogen-bond donors (Lipinski definition) is 1. The predicted octanol–water partition coefficient (Wildman–Crippen LogP) is 5.79. The van der Waals surface area contributed by atoms with Gasteiger partial charge in [0.15, 0.2) is 16.7 Å². The Labute approximate surface area is 196 Å². The number of fused-ring (bicyclic) bond motifs is 1. The molecule has 4 rings (SSSR count). The average Bonchev–Trinajstić information content (AvgIpc) is 3.11. The molecule has 0 aromatic heterocycles. The number of nitrogens with one attached hydrogen (secondary N) is 1. The van der Waals surface area contributed by atoms with E-state index in [0.29, 0.717) is 40.5 Å². The Morgan fingerprint density at radius 2 is 2.03 bits per heavy atom. The van der Waals surface area contributed by atoms with E-state index >= 15 is 0 Å². The number of halogens is 1. The van der Waals surface area contributed by atoms with Crippen molar-refractivity contribution >= 4 is 46.3 Å². The van der Waals surface area contributed by atoms with Gasteiger partial charge in [-0.1, -0.05) is 53.2 Å². The van der Waals surface area contributed by atoms with Crippen LogP contribution in [0.3, 0.4) is 0 Å². The van der Waals surface area contributed by atoms with Gasteiger partial charge in [-0.3, -0.25) is 15.1 Å². The third-order valence-electron chi connectivity index (χ3n) is 4.80. The van der Waals surface area contributed by atoms with Crippen molar-refractivity contribution in [2.45, 2.75) is 27.4 Å². The highest BCUT2D eigenvalue weighted by Gasteiger charge is 2.33. The van der Waals surface area contributed by atoms with Crippen LogP contribution in [0, 0.1) is 12.3 Å². The van der Waals surface area contributed by atoms with Crippen LogP contribution >= 0.6 is 23.4 Å². The molecule has 2 heterocycles. The number of hydrogen-bond acceptors (Lipinski definition) is 5. The topological polar surface area (TPSA) is 75.0 Å². The van der Waals surface area contributed by atoms with E-state index < -0.39 is 5.91 Å². The Bertz CT molecular complexity index is 1200. The van der Waals surface area contributed by atoms with Crippen LogP contribution in [-0.2, 0) is 11.4 Å². The van der Waals surface area contributed by atoms with Crippen molar-refractivity contribution in [3.8, 4) is 11.5 Å². The summed E-state index contributed by atoms with van der Waals surface area (Å²) in [6, 6.07) is 11.5. The first-order valence-corrected chi connectivity index (χ1v) is 11.3. The SMILES string of the molecule is CCOc1cc(/C=C2/C(=N)N3C=C(C)SC3=NC2=O)cc(Cl)c1OCc1cccc(C)c1. The smallest absolute Gasteiger partial charge is 0.283 e. The fourth-order valence-electron chi connectivity index (χ4n) is 3.40. The number of amidine groups is 2. The van der Waals surface area contributed by atoms with E-state index in [1.54, 1.807) is 29.3 Å². The van der Waals surface area contributed by atoms with Crippen LogP contribution in [0.2, 0.25) is 5.02 Å². The molecule has 8 heteroatoms. The number of allylic oxidation sites excluding steroid dienone is 1. The van der Waals surface area contributed by atoms with Crippen LogP contribution in [-0.4, -0.2) is 28.4 Å². The first kappa shape index (κ1) is 22.2. The molecule has 0 spiro atoms. The van der Waals surface area contributed by atoms with Gasteiger partial charge in [-0.15, -0.1) is 0 Å². The highest BCUT2D eigenvalue weighted by molar-refractivity contribution is 8.17. The molecule has 164 valence electrons. The fourth-order valence-corrected chi connectivity index (χ4v) is 4.49. The van der Waals surface area contributed by atoms with Gasteiger partial charge >= 0.3 is 0 Å². The summed E-state index contributed by atoms with van der Waals surface area (Å²) in [5, 5.41) is 9.33. The Hall–Kier alpha value is -3.03. The van der Waals surface area contributed by atoms with Crippen molar-refractivity contribution in [2.75, 3.05) is 6.61 Å². The number of ether oxygens (including phenoxy) is 2. The number of carbonyl (C=O) groups excluding carboxylic acids is 1. The van der Waals surface area contributed by atoms with Crippen molar-refractivity contribution in [1.82, 2.24) is 4.90 Å². The normalized spacial score (nSPS) is 16.8. The highest BCUT2D eigenvalue weighted by Crippen LogP contribution is 2.39. The second kappa shape index (κ2) is 9.22. The van der Waals surface area contributed by atoms with E-state index in [9.17, 15) is 4.79 Å².